The van der Waals surface area contributed by atoms with Crippen LogP contribution in [0.25, 0.3) is 0 Å². The normalized spacial score (nSPS) is 40.8. The van der Waals surface area contributed by atoms with Gasteiger partial charge >= 0.3 is 11.9 Å². The highest BCUT2D eigenvalue weighted by molar-refractivity contribution is 5.88. The zero-order valence-electron chi connectivity index (χ0n) is 15.2. The smallest absolute Gasteiger partial charge is 0.333 e. The molecular weight excluding hydrogens is 320 g/mol. The fourth-order valence-electron chi connectivity index (χ4n) is 5.49. The predicted octanol–water partition coefficient (Wildman–Crippen LogP) is 3.43. The van der Waals surface area contributed by atoms with Gasteiger partial charge < -0.3 is 14.9 Å². The summed E-state index contributed by atoms with van der Waals surface area (Å²) in [5.41, 5.74) is 0.866. The van der Waals surface area contributed by atoms with Crippen LogP contribution < -0.4 is 0 Å². The van der Waals surface area contributed by atoms with Crippen molar-refractivity contribution in [2.24, 2.45) is 22.7 Å². The van der Waals surface area contributed by atoms with E-state index in [9.17, 15) is 19.8 Å². The molecule has 1 aliphatic heterocycles. The number of carbonyl (C=O) groups excluding carboxylic acids is 1. The molecule has 0 amide bonds. The number of aliphatic carboxylic acids is 1. The lowest BCUT2D eigenvalue weighted by Crippen LogP contribution is -2.51. The number of allylic oxidation sites excluding steroid dienone is 1. The first-order valence-electron chi connectivity index (χ1n) is 9.21. The summed E-state index contributed by atoms with van der Waals surface area (Å²) < 4.78 is 4.79. The lowest BCUT2D eigenvalue weighted by Gasteiger charge is -2.57. The van der Waals surface area contributed by atoms with Crippen molar-refractivity contribution in [3.8, 4) is 0 Å². The van der Waals surface area contributed by atoms with Crippen LogP contribution in [0.15, 0.2) is 23.3 Å². The molecule has 0 unspecified atom stereocenters. The zero-order valence-corrected chi connectivity index (χ0v) is 15.2. The molecule has 5 atom stereocenters. The maximum Gasteiger partial charge on any atom is 0.333 e. The summed E-state index contributed by atoms with van der Waals surface area (Å²) in [6, 6.07) is 0. The molecule has 1 saturated carbocycles. The minimum Gasteiger partial charge on any atom is -0.478 e. The van der Waals surface area contributed by atoms with Gasteiger partial charge in [0.2, 0.25) is 6.29 Å². The first-order valence-corrected chi connectivity index (χ1v) is 9.21. The fraction of sp³-hybridized carbons (Fsp3) is 0.700. The number of carbonyl (C=O) groups is 2. The van der Waals surface area contributed by atoms with Crippen LogP contribution in [-0.4, -0.2) is 28.4 Å². The summed E-state index contributed by atoms with van der Waals surface area (Å²) in [6.07, 6.45) is 7.29. The van der Waals surface area contributed by atoms with Crippen LogP contribution in [-0.2, 0) is 14.3 Å². The van der Waals surface area contributed by atoms with Gasteiger partial charge in [-0.1, -0.05) is 26.8 Å². The van der Waals surface area contributed by atoms with Crippen molar-refractivity contribution in [2.75, 3.05) is 0 Å². The monoisotopic (exact) mass is 348 g/mol. The standard InChI is InChI=1S/C20H28O5/c1-12-7-9-20(3)14(17(22)23)5-4-6-15(20)19(12,2)10-8-13-11-16(21)25-18(13)24/h5,11-12,15,18,24H,4,6-10H2,1-3H3,(H,22,23)/t12-,15-,18+,19+,20-/m1/s1. The molecule has 3 rings (SSSR count). The molecule has 3 aliphatic rings. The Labute approximate surface area is 148 Å². The molecule has 0 saturated heterocycles. The number of carboxylic acids is 1. The van der Waals surface area contributed by atoms with E-state index in [1.165, 1.54) is 6.08 Å². The van der Waals surface area contributed by atoms with Crippen LogP contribution in [0.4, 0.5) is 0 Å². The van der Waals surface area contributed by atoms with E-state index in [0.29, 0.717) is 23.5 Å². The van der Waals surface area contributed by atoms with Gasteiger partial charge in [0.25, 0.3) is 0 Å². The maximum absolute atomic E-state index is 11.8. The van der Waals surface area contributed by atoms with Gasteiger partial charge in [-0.2, -0.15) is 0 Å². The Morgan fingerprint density at radius 2 is 2.08 bits per heavy atom. The Morgan fingerprint density at radius 3 is 2.68 bits per heavy atom. The van der Waals surface area contributed by atoms with Gasteiger partial charge in [0.05, 0.1) is 0 Å². The second-order valence-corrected chi connectivity index (χ2v) is 8.42. The van der Waals surface area contributed by atoms with Crippen molar-refractivity contribution in [2.45, 2.75) is 65.6 Å². The van der Waals surface area contributed by atoms with Gasteiger partial charge in [0.15, 0.2) is 0 Å². The van der Waals surface area contributed by atoms with E-state index in [1.54, 1.807) is 0 Å². The summed E-state index contributed by atoms with van der Waals surface area (Å²) in [5.74, 6) is -0.523. The SMILES string of the molecule is C[C@@H]1CC[C@]2(C)C(C(=O)O)=CCC[C@@H]2[C@@]1(C)CCC1=CC(=O)O[C@@H]1O. The molecule has 2 N–H and O–H groups in total. The Morgan fingerprint density at radius 1 is 1.36 bits per heavy atom. The second kappa shape index (κ2) is 6.27. The third-order valence-electron chi connectivity index (χ3n) is 7.24. The van der Waals surface area contributed by atoms with E-state index in [0.717, 1.165) is 32.1 Å². The Hall–Kier alpha value is -1.62. The molecule has 0 aromatic heterocycles. The third kappa shape index (κ3) is 2.92. The zero-order chi connectivity index (χ0) is 18.4. The van der Waals surface area contributed by atoms with E-state index in [2.05, 4.69) is 20.8 Å². The minimum absolute atomic E-state index is 0.0336. The van der Waals surface area contributed by atoms with Crippen LogP contribution >= 0.6 is 0 Å². The molecule has 5 nitrogen and oxygen atoms in total. The fourth-order valence-corrected chi connectivity index (χ4v) is 5.49. The van der Waals surface area contributed by atoms with Gasteiger partial charge in [0, 0.05) is 22.6 Å². The predicted molar refractivity (Wildman–Crippen MR) is 92.5 cm³/mol. The first-order chi connectivity index (χ1) is 11.7. The molecule has 0 aromatic carbocycles. The number of carboxylic acid groups (broad SMARTS) is 1. The molecule has 0 radical (unpaired) electrons. The van der Waals surface area contributed by atoms with Crippen molar-refractivity contribution in [1.82, 2.24) is 0 Å². The summed E-state index contributed by atoms with van der Waals surface area (Å²) in [5, 5.41) is 19.5. The molecule has 0 bridgehead atoms. The van der Waals surface area contributed by atoms with E-state index in [-0.39, 0.29) is 16.7 Å². The van der Waals surface area contributed by atoms with Gasteiger partial charge in [-0.25, -0.2) is 9.59 Å². The van der Waals surface area contributed by atoms with Crippen molar-refractivity contribution >= 4 is 11.9 Å². The second-order valence-electron chi connectivity index (χ2n) is 8.42. The van der Waals surface area contributed by atoms with Crippen molar-refractivity contribution < 1.29 is 24.5 Å². The van der Waals surface area contributed by atoms with Gasteiger partial charge in [-0.15, -0.1) is 0 Å². The van der Waals surface area contributed by atoms with Gasteiger partial charge in [-0.05, 0) is 55.8 Å². The topological polar surface area (TPSA) is 83.8 Å². The minimum atomic E-state index is -1.12. The highest BCUT2D eigenvalue weighted by Crippen LogP contribution is 2.62. The molecule has 25 heavy (non-hydrogen) atoms. The highest BCUT2D eigenvalue weighted by atomic mass is 16.6. The lowest BCUT2D eigenvalue weighted by molar-refractivity contribution is -0.151. The third-order valence-corrected chi connectivity index (χ3v) is 7.24. The Kier molecular flexibility index (Phi) is 4.56. The van der Waals surface area contributed by atoms with Crippen molar-refractivity contribution in [3.63, 3.8) is 0 Å². The van der Waals surface area contributed by atoms with Crippen LogP contribution in [0, 0.1) is 22.7 Å². The summed E-state index contributed by atoms with van der Waals surface area (Å²) in [7, 11) is 0. The summed E-state index contributed by atoms with van der Waals surface area (Å²) in [6.45, 7) is 6.62. The molecule has 0 aromatic rings. The number of aliphatic hydroxyl groups is 1. The van der Waals surface area contributed by atoms with Crippen LogP contribution in [0.1, 0.15) is 59.3 Å². The summed E-state index contributed by atoms with van der Waals surface area (Å²) >= 11 is 0. The van der Waals surface area contributed by atoms with E-state index >= 15 is 0 Å². The molecule has 0 spiro atoms. The van der Waals surface area contributed by atoms with E-state index in [4.69, 9.17) is 4.74 Å². The molecule has 2 aliphatic carbocycles. The summed E-state index contributed by atoms with van der Waals surface area (Å²) in [4.78, 5) is 23.1. The van der Waals surface area contributed by atoms with Gasteiger partial charge in [0.1, 0.15) is 0 Å². The van der Waals surface area contributed by atoms with E-state index < -0.39 is 18.2 Å². The molecule has 5 heteroatoms. The van der Waals surface area contributed by atoms with Crippen LogP contribution in [0.5, 0.6) is 0 Å². The number of hydrogen-bond acceptors (Lipinski definition) is 4. The number of hydrogen-bond donors (Lipinski definition) is 2. The Balaban J connectivity index is 1.86. The number of rotatable bonds is 4. The quantitative estimate of drug-likeness (QED) is 0.761. The van der Waals surface area contributed by atoms with Crippen LogP contribution in [0.3, 0.4) is 0 Å². The number of cyclic esters (lactones) is 1. The Bertz CT molecular complexity index is 648. The molecular formula is C20H28O5. The maximum atomic E-state index is 11.8. The number of fused-ring (bicyclic) bond motifs is 1. The highest BCUT2D eigenvalue weighted by Gasteiger charge is 2.55. The van der Waals surface area contributed by atoms with Crippen LogP contribution in [0.2, 0.25) is 0 Å². The average Bonchev–Trinajstić information content (AvgIpc) is 2.87. The number of ether oxygens (including phenoxy) is 1. The van der Waals surface area contributed by atoms with Gasteiger partial charge in [-0.3, -0.25) is 0 Å². The van der Waals surface area contributed by atoms with Crippen molar-refractivity contribution in [3.05, 3.63) is 23.3 Å². The number of esters is 1. The molecule has 1 fully saturated rings. The molecule has 1 heterocycles. The lowest BCUT2D eigenvalue weighted by atomic mass is 9.46. The first kappa shape index (κ1) is 18.2. The van der Waals surface area contributed by atoms with E-state index in [1.807, 2.05) is 6.08 Å². The average molecular weight is 348 g/mol. The van der Waals surface area contributed by atoms with Crippen molar-refractivity contribution in [1.29, 1.82) is 0 Å². The largest absolute Gasteiger partial charge is 0.478 e. The number of aliphatic hydroxyl groups excluding tert-OH is 1. The molecule has 138 valence electrons.